The Morgan fingerprint density at radius 1 is 0.966 bits per heavy atom. The van der Waals surface area contributed by atoms with Gasteiger partial charge in [0.2, 0.25) is 5.89 Å². The van der Waals surface area contributed by atoms with Crippen LogP contribution in [0, 0.1) is 6.92 Å². The van der Waals surface area contributed by atoms with E-state index in [1.165, 1.54) is 0 Å². The Labute approximate surface area is 178 Å². The molecule has 1 heterocycles. The summed E-state index contributed by atoms with van der Waals surface area (Å²) in [7, 11) is 0. The fraction of sp³-hybridized carbons (Fsp3) is 0.0435. The van der Waals surface area contributed by atoms with Gasteiger partial charge in [-0.05, 0) is 67.1 Å². The molecule has 0 aliphatic rings. The van der Waals surface area contributed by atoms with E-state index >= 15 is 0 Å². The van der Waals surface area contributed by atoms with Gasteiger partial charge in [0.25, 0.3) is 5.91 Å². The van der Waals surface area contributed by atoms with Crippen molar-refractivity contribution in [3.05, 3.63) is 94.1 Å². The van der Waals surface area contributed by atoms with Crippen molar-refractivity contribution in [1.82, 2.24) is 4.98 Å². The van der Waals surface area contributed by atoms with E-state index in [-0.39, 0.29) is 5.91 Å². The number of carbonyl (C=O) groups is 1. The zero-order chi connectivity index (χ0) is 20.4. The van der Waals surface area contributed by atoms with E-state index < -0.39 is 0 Å². The number of benzene rings is 3. The highest BCUT2D eigenvalue weighted by Crippen LogP contribution is 2.29. The molecule has 0 atom stereocenters. The van der Waals surface area contributed by atoms with Crippen molar-refractivity contribution in [3.8, 4) is 22.8 Å². The largest absolute Gasteiger partial charge is 0.436 e. The van der Waals surface area contributed by atoms with E-state index in [9.17, 15) is 4.79 Å². The van der Waals surface area contributed by atoms with Crippen LogP contribution < -0.4 is 5.32 Å². The van der Waals surface area contributed by atoms with Gasteiger partial charge in [0, 0.05) is 26.9 Å². The van der Waals surface area contributed by atoms with Crippen LogP contribution in [0.2, 0.25) is 10.0 Å². The van der Waals surface area contributed by atoms with Crippen molar-refractivity contribution >= 4 is 34.8 Å². The topological polar surface area (TPSA) is 55.1 Å². The minimum atomic E-state index is -0.253. The van der Waals surface area contributed by atoms with Gasteiger partial charge in [-0.15, -0.1) is 0 Å². The van der Waals surface area contributed by atoms with Crippen LogP contribution in [0.1, 0.15) is 15.9 Å². The predicted molar refractivity (Wildman–Crippen MR) is 117 cm³/mol. The first kappa shape index (κ1) is 19.2. The first-order chi connectivity index (χ1) is 14.0. The molecule has 4 nitrogen and oxygen atoms in total. The highest BCUT2D eigenvalue weighted by Gasteiger charge is 2.17. The third-order valence-electron chi connectivity index (χ3n) is 4.47. The van der Waals surface area contributed by atoms with E-state index in [1.807, 2.05) is 25.1 Å². The smallest absolute Gasteiger partial charge is 0.256 e. The zero-order valence-electron chi connectivity index (χ0n) is 15.4. The van der Waals surface area contributed by atoms with Gasteiger partial charge in [0.1, 0.15) is 0 Å². The van der Waals surface area contributed by atoms with Crippen molar-refractivity contribution in [3.63, 3.8) is 0 Å². The van der Waals surface area contributed by atoms with Crippen LogP contribution >= 0.6 is 23.2 Å². The number of oxazole rings is 1. The van der Waals surface area contributed by atoms with Gasteiger partial charge in [0.15, 0.2) is 5.76 Å². The van der Waals surface area contributed by atoms with Crippen LogP contribution in [-0.2, 0) is 0 Å². The van der Waals surface area contributed by atoms with Crippen LogP contribution in [0.3, 0.4) is 0 Å². The van der Waals surface area contributed by atoms with Crippen molar-refractivity contribution in [1.29, 1.82) is 0 Å². The number of aryl methyl sites for hydroxylation is 1. The molecule has 0 unspecified atom stereocenters. The van der Waals surface area contributed by atoms with Crippen LogP contribution in [-0.4, -0.2) is 10.9 Å². The molecule has 0 aliphatic heterocycles. The molecule has 0 aliphatic carbocycles. The molecular formula is C23H16Cl2N2O2. The Hall–Kier alpha value is -3.08. The fourth-order valence-electron chi connectivity index (χ4n) is 2.97. The van der Waals surface area contributed by atoms with Crippen molar-refractivity contribution in [2.24, 2.45) is 0 Å². The highest BCUT2D eigenvalue weighted by molar-refractivity contribution is 6.31. The lowest BCUT2D eigenvalue weighted by molar-refractivity contribution is 0.102. The maximum atomic E-state index is 12.9. The van der Waals surface area contributed by atoms with Gasteiger partial charge in [-0.3, -0.25) is 4.79 Å². The lowest BCUT2D eigenvalue weighted by atomic mass is 10.1. The van der Waals surface area contributed by atoms with Crippen LogP contribution in [0.15, 0.2) is 77.3 Å². The number of aromatic nitrogens is 1. The summed E-state index contributed by atoms with van der Waals surface area (Å²) in [6.07, 6.45) is 1.64. The van der Waals surface area contributed by atoms with Gasteiger partial charge in [-0.2, -0.15) is 0 Å². The second-order valence-corrected chi connectivity index (χ2v) is 7.37. The standard InChI is InChI=1S/C23H16Cl2N2O2/c1-14-12-17(25)10-11-20(14)27-22(28)18-4-2-3-5-19(18)23-26-13-21(29-23)15-6-8-16(24)9-7-15/h2-13H,1H3,(H,27,28). The number of hydrogen-bond donors (Lipinski definition) is 1. The van der Waals surface area contributed by atoms with Crippen LogP contribution in [0.25, 0.3) is 22.8 Å². The Kier molecular flexibility index (Phi) is 5.38. The average Bonchev–Trinajstić information content (AvgIpc) is 3.20. The normalized spacial score (nSPS) is 10.7. The number of halogens is 2. The number of anilines is 1. The summed E-state index contributed by atoms with van der Waals surface area (Å²) >= 11 is 11.9. The second kappa shape index (κ2) is 8.11. The lowest BCUT2D eigenvalue weighted by Gasteiger charge is -2.10. The van der Waals surface area contributed by atoms with Crippen molar-refractivity contribution in [2.45, 2.75) is 6.92 Å². The minimum Gasteiger partial charge on any atom is -0.436 e. The Morgan fingerprint density at radius 2 is 1.69 bits per heavy atom. The number of hydrogen-bond acceptors (Lipinski definition) is 3. The van der Waals surface area contributed by atoms with Crippen LogP contribution in [0.4, 0.5) is 5.69 Å². The monoisotopic (exact) mass is 422 g/mol. The maximum Gasteiger partial charge on any atom is 0.256 e. The highest BCUT2D eigenvalue weighted by atomic mass is 35.5. The van der Waals surface area contributed by atoms with Gasteiger partial charge < -0.3 is 9.73 Å². The van der Waals surface area contributed by atoms with Gasteiger partial charge in [0.05, 0.1) is 11.8 Å². The molecule has 0 bridgehead atoms. The molecule has 0 saturated carbocycles. The molecule has 0 radical (unpaired) electrons. The Morgan fingerprint density at radius 3 is 2.45 bits per heavy atom. The van der Waals surface area contributed by atoms with Gasteiger partial charge >= 0.3 is 0 Å². The Bertz CT molecular complexity index is 1180. The summed E-state index contributed by atoms with van der Waals surface area (Å²) < 4.78 is 5.92. The molecule has 4 rings (SSSR count). The summed E-state index contributed by atoms with van der Waals surface area (Å²) in [5.41, 5.74) is 3.50. The maximum absolute atomic E-state index is 12.9. The molecule has 1 amide bonds. The number of rotatable bonds is 4. The number of nitrogens with one attached hydrogen (secondary N) is 1. The van der Waals surface area contributed by atoms with Gasteiger partial charge in [-0.25, -0.2) is 4.98 Å². The minimum absolute atomic E-state index is 0.253. The van der Waals surface area contributed by atoms with E-state index in [0.717, 1.165) is 11.1 Å². The predicted octanol–water partition coefficient (Wildman–Crippen LogP) is 6.88. The molecule has 0 fully saturated rings. The summed E-state index contributed by atoms with van der Waals surface area (Å²) in [6.45, 7) is 1.89. The van der Waals surface area contributed by atoms with Crippen LogP contribution in [0.5, 0.6) is 0 Å². The molecule has 1 aromatic heterocycles. The second-order valence-electron chi connectivity index (χ2n) is 6.50. The summed E-state index contributed by atoms with van der Waals surface area (Å²) in [5.74, 6) is 0.714. The summed E-state index contributed by atoms with van der Waals surface area (Å²) in [5, 5.41) is 4.19. The van der Waals surface area contributed by atoms with E-state index in [0.29, 0.717) is 38.5 Å². The average molecular weight is 423 g/mol. The van der Waals surface area contributed by atoms with E-state index in [2.05, 4.69) is 10.3 Å². The fourth-order valence-corrected chi connectivity index (χ4v) is 3.32. The van der Waals surface area contributed by atoms with E-state index in [1.54, 1.807) is 54.7 Å². The summed E-state index contributed by atoms with van der Waals surface area (Å²) in [4.78, 5) is 17.3. The number of nitrogens with zero attached hydrogens (tertiary/aromatic N) is 1. The van der Waals surface area contributed by atoms with E-state index in [4.69, 9.17) is 27.6 Å². The molecule has 4 aromatic rings. The number of amides is 1. The lowest BCUT2D eigenvalue weighted by Crippen LogP contribution is -2.14. The summed E-state index contributed by atoms with van der Waals surface area (Å²) in [6, 6.07) is 19.8. The molecule has 144 valence electrons. The first-order valence-corrected chi connectivity index (χ1v) is 9.65. The SMILES string of the molecule is Cc1cc(Cl)ccc1NC(=O)c1ccccc1-c1ncc(-c2ccc(Cl)cc2)o1. The molecule has 6 heteroatoms. The molecule has 0 spiro atoms. The molecule has 0 saturated heterocycles. The third kappa shape index (κ3) is 4.19. The van der Waals surface area contributed by atoms with Crippen molar-refractivity contribution < 1.29 is 9.21 Å². The molecule has 3 aromatic carbocycles. The Balaban J connectivity index is 1.65. The van der Waals surface area contributed by atoms with Gasteiger partial charge in [-0.1, -0.05) is 35.3 Å². The third-order valence-corrected chi connectivity index (χ3v) is 4.96. The van der Waals surface area contributed by atoms with Crippen molar-refractivity contribution in [2.75, 3.05) is 5.32 Å². The molecule has 1 N–H and O–H groups in total. The molecular weight excluding hydrogens is 407 g/mol. The number of carbonyl (C=O) groups excluding carboxylic acids is 1. The first-order valence-electron chi connectivity index (χ1n) is 8.90. The molecule has 29 heavy (non-hydrogen) atoms. The quantitative estimate of drug-likeness (QED) is 0.389. The zero-order valence-corrected chi connectivity index (χ0v) is 17.0.